The van der Waals surface area contributed by atoms with E-state index in [1.807, 2.05) is 0 Å². The molecule has 0 saturated carbocycles. The first-order chi connectivity index (χ1) is 11.1. The normalized spacial score (nSPS) is 12.7. The molecule has 0 radical (unpaired) electrons. The average molecular weight is 321 g/mol. The number of hydrogen-bond acceptors (Lipinski definition) is 0. The van der Waals surface area contributed by atoms with Crippen molar-refractivity contribution in [3.05, 3.63) is 24.3 Å². The summed E-state index contributed by atoms with van der Waals surface area (Å²) in [6.45, 7) is 9.31. The predicted octanol–water partition coefficient (Wildman–Crippen LogP) is 8.63. The molecule has 23 heavy (non-hydrogen) atoms. The molecule has 0 aromatic heterocycles. The lowest BCUT2D eigenvalue weighted by Gasteiger charge is -2.17. The Morgan fingerprint density at radius 3 is 1.57 bits per heavy atom. The van der Waals surface area contributed by atoms with Crippen LogP contribution < -0.4 is 0 Å². The summed E-state index contributed by atoms with van der Waals surface area (Å²) in [5.74, 6) is 0. The lowest BCUT2D eigenvalue weighted by molar-refractivity contribution is 0.356. The van der Waals surface area contributed by atoms with Gasteiger partial charge in [0.05, 0.1) is 0 Å². The van der Waals surface area contributed by atoms with Crippen molar-refractivity contribution in [2.75, 3.05) is 0 Å². The fraction of sp³-hybridized carbons (Fsp3) is 0.826. The van der Waals surface area contributed by atoms with Crippen LogP contribution in [0.15, 0.2) is 24.3 Å². The van der Waals surface area contributed by atoms with Gasteiger partial charge in [-0.2, -0.15) is 0 Å². The Morgan fingerprint density at radius 1 is 0.565 bits per heavy atom. The van der Waals surface area contributed by atoms with Gasteiger partial charge in [0.15, 0.2) is 0 Å². The van der Waals surface area contributed by atoms with Gasteiger partial charge in [0.2, 0.25) is 0 Å². The Kier molecular flexibility index (Phi) is 16.0. The fourth-order valence-corrected chi connectivity index (χ4v) is 2.82. The van der Waals surface area contributed by atoms with E-state index in [1.54, 1.807) is 0 Å². The topological polar surface area (TPSA) is 0 Å². The van der Waals surface area contributed by atoms with Crippen molar-refractivity contribution in [2.24, 2.45) is 5.41 Å². The standard InChI is InChI=1S/C23H44/c1-5-6-7-8-9-10-11-12-13-14-15-16-17-18-19-20-21-22-23(2,3)4/h9-10,12-13H,5-8,11,14-22H2,1-4H3/b10-9-,13-12-. The summed E-state index contributed by atoms with van der Waals surface area (Å²) >= 11 is 0. The third kappa shape index (κ3) is 21.5. The molecule has 0 nitrogen and oxygen atoms in total. The smallest absolute Gasteiger partial charge is 0.0169 e. The molecule has 0 bridgehead atoms. The van der Waals surface area contributed by atoms with Crippen LogP contribution in [0.5, 0.6) is 0 Å². The molecule has 0 aliphatic carbocycles. The van der Waals surface area contributed by atoms with Crippen molar-refractivity contribution < 1.29 is 0 Å². The second-order valence-electron chi connectivity index (χ2n) is 8.25. The van der Waals surface area contributed by atoms with Gasteiger partial charge >= 0.3 is 0 Å². The average Bonchev–Trinajstić information content (AvgIpc) is 2.49. The Morgan fingerprint density at radius 2 is 1.04 bits per heavy atom. The molecule has 0 fully saturated rings. The maximum absolute atomic E-state index is 2.37. The van der Waals surface area contributed by atoms with Crippen molar-refractivity contribution in [3.63, 3.8) is 0 Å². The molecule has 0 amide bonds. The molecule has 0 N–H and O–H groups in total. The van der Waals surface area contributed by atoms with Gasteiger partial charge in [-0.05, 0) is 43.9 Å². The number of rotatable bonds is 15. The Bertz CT molecular complexity index is 277. The van der Waals surface area contributed by atoms with E-state index in [0.29, 0.717) is 5.41 Å². The largest absolute Gasteiger partial charge is 0.0882 e. The van der Waals surface area contributed by atoms with Crippen LogP contribution in [-0.2, 0) is 0 Å². The van der Waals surface area contributed by atoms with E-state index in [0.717, 1.165) is 6.42 Å². The van der Waals surface area contributed by atoms with Gasteiger partial charge in [0.25, 0.3) is 0 Å². The molecular formula is C23H44. The van der Waals surface area contributed by atoms with Crippen molar-refractivity contribution in [3.8, 4) is 0 Å². The third-order valence-corrected chi connectivity index (χ3v) is 4.38. The van der Waals surface area contributed by atoms with E-state index in [1.165, 1.54) is 83.5 Å². The van der Waals surface area contributed by atoms with E-state index in [-0.39, 0.29) is 0 Å². The van der Waals surface area contributed by atoms with Crippen LogP contribution in [0.3, 0.4) is 0 Å². The number of allylic oxidation sites excluding steroid dienone is 4. The molecule has 0 heteroatoms. The monoisotopic (exact) mass is 320 g/mol. The van der Waals surface area contributed by atoms with E-state index in [2.05, 4.69) is 52.0 Å². The first-order valence-corrected chi connectivity index (χ1v) is 10.4. The lowest BCUT2D eigenvalue weighted by Crippen LogP contribution is -2.03. The molecule has 0 heterocycles. The highest BCUT2D eigenvalue weighted by Gasteiger charge is 2.08. The zero-order chi connectivity index (χ0) is 17.2. The molecule has 0 aromatic carbocycles. The molecule has 136 valence electrons. The highest BCUT2D eigenvalue weighted by Crippen LogP contribution is 2.22. The van der Waals surface area contributed by atoms with Gasteiger partial charge in [0, 0.05) is 0 Å². The van der Waals surface area contributed by atoms with Gasteiger partial charge in [-0.25, -0.2) is 0 Å². The quantitative estimate of drug-likeness (QED) is 0.209. The summed E-state index contributed by atoms with van der Waals surface area (Å²) in [7, 11) is 0. The summed E-state index contributed by atoms with van der Waals surface area (Å²) in [6, 6.07) is 0. The van der Waals surface area contributed by atoms with Gasteiger partial charge in [-0.3, -0.25) is 0 Å². The predicted molar refractivity (Wildman–Crippen MR) is 108 cm³/mol. The Labute approximate surface area is 147 Å². The third-order valence-electron chi connectivity index (χ3n) is 4.38. The van der Waals surface area contributed by atoms with Crippen LogP contribution in [0.25, 0.3) is 0 Å². The Balaban J connectivity index is 3.19. The van der Waals surface area contributed by atoms with Crippen molar-refractivity contribution in [1.82, 2.24) is 0 Å². The SMILES string of the molecule is CCCCC/C=C\C/C=C\CCCCCCCCCC(C)(C)C. The van der Waals surface area contributed by atoms with E-state index < -0.39 is 0 Å². The highest BCUT2D eigenvalue weighted by molar-refractivity contribution is 4.92. The first kappa shape index (κ1) is 22.5. The second kappa shape index (κ2) is 16.3. The number of hydrogen-bond donors (Lipinski definition) is 0. The van der Waals surface area contributed by atoms with Crippen LogP contribution in [0.1, 0.15) is 118 Å². The molecule has 0 atom stereocenters. The highest BCUT2D eigenvalue weighted by atomic mass is 14.1. The summed E-state index contributed by atoms with van der Waals surface area (Å²) in [6.07, 6.45) is 28.4. The van der Waals surface area contributed by atoms with E-state index >= 15 is 0 Å². The van der Waals surface area contributed by atoms with Gasteiger partial charge in [0.1, 0.15) is 0 Å². The maximum Gasteiger partial charge on any atom is -0.0169 e. The van der Waals surface area contributed by atoms with Gasteiger partial charge < -0.3 is 0 Å². The van der Waals surface area contributed by atoms with Crippen LogP contribution in [0.4, 0.5) is 0 Å². The summed E-state index contributed by atoms with van der Waals surface area (Å²) in [5, 5.41) is 0. The molecule has 0 unspecified atom stereocenters. The molecule has 0 aliphatic heterocycles. The molecule has 0 aromatic rings. The second-order valence-corrected chi connectivity index (χ2v) is 8.25. The van der Waals surface area contributed by atoms with Gasteiger partial charge in [-0.15, -0.1) is 0 Å². The number of unbranched alkanes of at least 4 members (excludes halogenated alkanes) is 10. The molecule has 0 spiro atoms. The van der Waals surface area contributed by atoms with E-state index in [9.17, 15) is 0 Å². The Hall–Kier alpha value is -0.520. The van der Waals surface area contributed by atoms with Crippen LogP contribution in [0, 0.1) is 5.41 Å². The van der Waals surface area contributed by atoms with Crippen LogP contribution >= 0.6 is 0 Å². The van der Waals surface area contributed by atoms with Crippen molar-refractivity contribution in [1.29, 1.82) is 0 Å². The fourth-order valence-electron chi connectivity index (χ4n) is 2.82. The summed E-state index contributed by atoms with van der Waals surface area (Å²) in [5.41, 5.74) is 0.525. The molecule has 0 rings (SSSR count). The molecule has 0 aliphatic rings. The zero-order valence-corrected chi connectivity index (χ0v) is 16.7. The molecular weight excluding hydrogens is 276 g/mol. The summed E-state index contributed by atoms with van der Waals surface area (Å²) < 4.78 is 0. The molecule has 0 saturated heterocycles. The zero-order valence-electron chi connectivity index (χ0n) is 16.7. The van der Waals surface area contributed by atoms with Crippen molar-refractivity contribution in [2.45, 2.75) is 118 Å². The summed E-state index contributed by atoms with van der Waals surface area (Å²) in [4.78, 5) is 0. The lowest BCUT2D eigenvalue weighted by atomic mass is 9.89. The minimum absolute atomic E-state index is 0.525. The minimum Gasteiger partial charge on any atom is -0.0882 e. The maximum atomic E-state index is 2.37. The van der Waals surface area contributed by atoms with Gasteiger partial charge in [-0.1, -0.05) is 103 Å². The first-order valence-electron chi connectivity index (χ1n) is 10.4. The minimum atomic E-state index is 0.525. The van der Waals surface area contributed by atoms with E-state index in [4.69, 9.17) is 0 Å². The van der Waals surface area contributed by atoms with Crippen LogP contribution in [-0.4, -0.2) is 0 Å². The van der Waals surface area contributed by atoms with Crippen LogP contribution in [0.2, 0.25) is 0 Å². The van der Waals surface area contributed by atoms with Crippen molar-refractivity contribution >= 4 is 0 Å².